The van der Waals surface area contributed by atoms with Crippen LogP contribution in [0, 0.1) is 5.92 Å². The average molecular weight is 311 g/mol. The van der Waals surface area contributed by atoms with Gasteiger partial charge in [-0.3, -0.25) is 0 Å². The summed E-state index contributed by atoms with van der Waals surface area (Å²) >= 11 is 0. The van der Waals surface area contributed by atoms with Gasteiger partial charge >= 0.3 is 0 Å². The molecule has 2 aliphatic rings. The van der Waals surface area contributed by atoms with E-state index in [-0.39, 0.29) is 0 Å². The van der Waals surface area contributed by atoms with E-state index >= 15 is 0 Å². The molecule has 0 spiro atoms. The van der Waals surface area contributed by atoms with Gasteiger partial charge in [-0.25, -0.2) is 9.67 Å². The number of benzene rings is 1. The van der Waals surface area contributed by atoms with Gasteiger partial charge in [0.25, 0.3) is 0 Å². The van der Waals surface area contributed by atoms with E-state index in [9.17, 15) is 0 Å². The molecule has 1 heterocycles. The van der Waals surface area contributed by atoms with Crippen LogP contribution in [0.15, 0.2) is 23.2 Å². The van der Waals surface area contributed by atoms with Crippen molar-refractivity contribution < 1.29 is 0 Å². The monoisotopic (exact) mass is 311 g/mol. The van der Waals surface area contributed by atoms with Crippen LogP contribution in [-0.2, 0) is 25.9 Å². The molecule has 120 valence electrons. The lowest BCUT2D eigenvalue weighted by Crippen LogP contribution is -2.23. The van der Waals surface area contributed by atoms with Crippen LogP contribution in [0.4, 0.5) is 5.69 Å². The zero-order valence-electron chi connectivity index (χ0n) is 13.1. The molecule has 23 heavy (non-hydrogen) atoms. The van der Waals surface area contributed by atoms with E-state index in [4.69, 9.17) is 5.73 Å². The molecule has 0 aliphatic heterocycles. The standard InChI is InChI=1S/C16H21N7/c17-16(19-14-7-6-12-2-1-3-13(12)8-14)18-9-15-20-21-22-23(15)10-11-4-5-11/h6-8,11H,1-5,9-10H2,(H3,17,18,19). The largest absolute Gasteiger partial charge is 0.370 e. The maximum Gasteiger partial charge on any atom is 0.193 e. The number of nitrogens with one attached hydrogen (secondary N) is 1. The van der Waals surface area contributed by atoms with Crippen molar-refractivity contribution in [2.24, 2.45) is 16.6 Å². The molecule has 1 fully saturated rings. The van der Waals surface area contributed by atoms with E-state index in [1.165, 1.54) is 36.8 Å². The molecule has 7 nitrogen and oxygen atoms in total. The maximum atomic E-state index is 5.99. The van der Waals surface area contributed by atoms with Gasteiger partial charge in [0.2, 0.25) is 0 Å². The molecule has 0 unspecified atom stereocenters. The Balaban J connectivity index is 1.39. The fraction of sp³-hybridized carbons (Fsp3) is 0.500. The van der Waals surface area contributed by atoms with Crippen molar-refractivity contribution >= 4 is 11.6 Å². The van der Waals surface area contributed by atoms with Crippen LogP contribution in [-0.4, -0.2) is 26.2 Å². The molecule has 0 atom stereocenters. The number of aryl methyl sites for hydroxylation is 2. The number of aliphatic imine (C=N–C) groups is 1. The van der Waals surface area contributed by atoms with Crippen molar-refractivity contribution in [2.45, 2.75) is 45.2 Å². The fourth-order valence-corrected chi connectivity index (χ4v) is 3.02. The summed E-state index contributed by atoms with van der Waals surface area (Å²) in [6.07, 6.45) is 6.11. The number of anilines is 1. The van der Waals surface area contributed by atoms with Crippen LogP contribution in [0.3, 0.4) is 0 Å². The molecular weight excluding hydrogens is 290 g/mol. The summed E-state index contributed by atoms with van der Waals surface area (Å²) in [7, 11) is 0. The Labute approximate surface area is 135 Å². The quantitative estimate of drug-likeness (QED) is 0.644. The average Bonchev–Trinajstić information content (AvgIpc) is 3.06. The highest BCUT2D eigenvalue weighted by Crippen LogP contribution is 2.30. The van der Waals surface area contributed by atoms with Crippen LogP contribution in [0.5, 0.6) is 0 Å². The molecule has 3 N–H and O–H groups in total. The Morgan fingerprint density at radius 3 is 3.04 bits per heavy atom. The van der Waals surface area contributed by atoms with Gasteiger partial charge in [-0.05, 0) is 71.7 Å². The predicted octanol–water partition coefficient (Wildman–Crippen LogP) is 1.50. The summed E-state index contributed by atoms with van der Waals surface area (Å²) < 4.78 is 1.84. The van der Waals surface area contributed by atoms with Crippen molar-refractivity contribution in [3.63, 3.8) is 0 Å². The second-order valence-electron chi connectivity index (χ2n) is 6.38. The van der Waals surface area contributed by atoms with Crippen LogP contribution in [0.25, 0.3) is 0 Å². The molecular formula is C16H21N7. The van der Waals surface area contributed by atoms with Crippen LogP contribution < -0.4 is 11.1 Å². The Hall–Kier alpha value is -2.44. The summed E-state index contributed by atoms with van der Waals surface area (Å²) in [5, 5.41) is 15.0. The third-order valence-electron chi connectivity index (χ3n) is 4.50. The molecule has 0 bridgehead atoms. The van der Waals surface area contributed by atoms with Crippen molar-refractivity contribution in [3.8, 4) is 0 Å². The highest BCUT2D eigenvalue weighted by Gasteiger charge is 2.23. The number of guanidine groups is 1. The zero-order chi connectivity index (χ0) is 15.6. The summed E-state index contributed by atoms with van der Waals surface area (Å²) in [6, 6.07) is 6.40. The lowest BCUT2D eigenvalue weighted by atomic mass is 10.1. The normalized spacial score (nSPS) is 17.3. The van der Waals surface area contributed by atoms with Gasteiger partial charge in [-0.1, -0.05) is 6.07 Å². The molecule has 1 saturated carbocycles. The number of nitrogens with zero attached hydrogens (tertiary/aromatic N) is 5. The number of hydrogen-bond donors (Lipinski definition) is 2. The number of aromatic nitrogens is 4. The van der Waals surface area contributed by atoms with Gasteiger partial charge in [0.1, 0.15) is 6.54 Å². The van der Waals surface area contributed by atoms with E-state index in [2.05, 4.69) is 44.0 Å². The Kier molecular flexibility index (Phi) is 3.69. The number of rotatable bonds is 5. The Morgan fingerprint density at radius 2 is 2.17 bits per heavy atom. The van der Waals surface area contributed by atoms with Crippen molar-refractivity contribution in [3.05, 3.63) is 35.2 Å². The topological polar surface area (TPSA) is 94.0 Å². The smallest absolute Gasteiger partial charge is 0.193 e. The van der Waals surface area contributed by atoms with Crippen LogP contribution in [0.2, 0.25) is 0 Å². The summed E-state index contributed by atoms with van der Waals surface area (Å²) in [6.45, 7) is 1.28. The molecule has 0 saturated heterocycles. The number of fused-ring (bicyclic) bond motifs is 1. The number of nitrogens with two attached hydrogens (primary N) is 1. The van der Waals surface area contributed by atoms with Crippen LogP contribution >= 0.6 is 0 Å². The first-order valence-corrected chi connectivity index (χ1v) is 8.22. The minimum absolute atomic E-state index is 0.392. The molecule has 1 aromatic heterocycles. The second-order valence-corrected chi connectivity index (χ2v) is 6.38. The zero-order valence-corrected chi connectivity index (χ0v) is 13.1. The lowest BCUT2D eigenvalue weighted by molar-refractivity contribution is 0.524. The second kappa shape index (κ2) is 5.98. The lowest BCUT2D eigenvalue weighted by Gasteiger charge is -2.08. The van der Waals surface area contributed by atoms with Gasteiger partial charge < -0.3 is 11.1 Å². The van der Waals surface area contributed by atoms with E-state index in [1.807, 2.05) is 4.68 Å². The van der Waals surface area contributed by atoms with E-state index in [0.29, 0.717) is 12.5 Å². The fourth-order valence-electron chi connectivity index (χ4n) is 3.02. The summed E-state index contributed by atoms with van der Waals surface area (Å²) in [4.78, 5) is 4.36. The van der Waals surface area contributed by atoms with Crippen molar-refractivity contribution in [1.82, 2.24) is 20.2 Å². The Morgan fingerprint density at radius 1 is 1.30 bits per heavy atom. The first-order chi connectivity index (χ1) is 11.3. The van der Waals surface area contributed by atoms with E-state index < -0.39 is 0 Å². The third-order valence-corrected chi connectivity index (χ3v) is 4.50. The van der Waals surface area contributed by atoms with E-state index in [0.717, 1.165) is 30.4 Å². The van der Waals surface area contributed by atoms with Crippen molar-refractivity contribution in [2.75, 3.05) is 5.32 Å². The molecule has 0 radical (unpaired) electrons. The summed E-state index contributed by atoms with van der Waals surface area (Å²) in [5.74, 6) is 1.88. The third kappa shape index (κ3) is 3.33. The Bertz CT molecular complexity index is 730. The molecule has 2 aliphatic carbocycles. The predicted molar refractivity (Wildman–Crippen MR) is 88.0 cm³/mol. The molecule has 0 amide bonds. The van der Waals surface area contributed by atoms with Gasteiger partial charge in [-0.15, -0.1) is 5.10 Å². The maximum absolute atomic E-state index is 5.99. The first-order valence-electron chi connectivity index (χ1n) is 8.22. The van der Waals surface area contributed by atoms with Crippen LogP contribution in [0.1, 0.15) is 36.2 Å². The highest BCUT2D eigenvalue weighted by molar-refractivity contribution is 5.92. The molecule has 2 aromatic rings. The highest BCUT2D eigenvalue weighted by atomic mass is 15.5. The van der Waals surface area contributed by atoms with Gasteiger partial charge in [0, 0.05) is 12.2 Å². The number of hydrogen-bond acceptors (Lipinski definition) is 4. The van der Waals surface area contributed by atoms with Gasteiger partial charge in [0.15, 0.2) is 11.8 Å². The minimum Gasteiger partial charge on any atom is -0.370 e. The molecule has 7 heteroatoms. The molecule has 1 aromatic carbocycles. The van der Waals surface area contributed by atoms with Gasteiger partial charge in [0.05, 0.1) is 0 Å². The van der Waals surface area contributed by atoms with Gasteiger partial charge in [-0.2, -0.15) is 0 Å². The SMILES string of the molecule is NC(=NCc1nnnn1CC1CC1)Nc1ccc2c(c1)CCC2. The molecule has 4 rings (SSSR count). The first kappa shape index (κ1) is 14.2. The van der Waals surface area contributed by atoms with Crippen molar-refractivity contribution in [1.29, 1.82) is 0 Å². The summed E-state index contributed by atoms with van der Waals surface area (Å²) in [5.41, 5.74) is 9.84. The minimum atomic E-state index is 0.392. The number of tetrazole rings is 1. The van der Waals surface area contributed by atoms with E-state index in [1.54, 1.807) is 0 Å².